The third-order valence-electron chi connectivity index (χ3n) is 3.48. The number of carboxylic acid groups (broad SMARTS) is 1. The van der Waals surface area contributed by atoms with E-state index in [1.807, 2.05) is 0 Å². The first-order valence-corrected chi connectivity index (χ1v) is 6.23. The van der Waals surface area contributed by atoms with Gasteiger partial charge in [-0.3, -0.25) is 0 Å². The Morgan fingerprint density at radius 3 is 2.63 bits per heavy atom. The quantitative estimate of drug-likeness (QED) is 0.775. The minimum absolute atomic E-state index is 0.0482. The van der Waals surface area contributed by atoms with Gasteiger partial charge in [-0.05, 0) is 30.4 Å². The molecule has 102 valence electrons. The second-order valence-electron chi connectivity index (χ2n) is 5.21. The molecular weight excluding hydrogens is 246 g/mol. The van der Waals surface area contributed by atoms with Crippen molar-refractivity contribution in [3.05, 3.63) is 24.0 Å². The van der Waals surface area contributed by atoms with E-state index in [2.05, 4.69) is 22.5 Å². The summed E-state index contributed by atoms with van der Waals surface area (Å²) in [5.74, 6) is -1.09. The van der Waals surface area contributed by atoms with Crippen LogP contribution >= 0.6 is 0 Å². The Morgan fingerprint density at radius 2 is 2.16 bits per heavy atom. The number of aromatic nitrogens is 1. The standard InChI is InChI=1S/C13H17N3O3/c1-13(5-2-6-13)8-15-12(19)16-9-3-4-10(11(17)18)14-7-9/h3-4,7H,2,5-6,8H2,1H3,(H,17,18)(H2,15,16,19). The van der Waals surface area contributed by atoms with Crippen molar-refractivity contribution in [2.24, 2.45) is 5.41 Å². The van der Waals surface area contributed by atoms with Gasteiger partial charge in [-0.1, -0.05) is 13.3 Å². The van der Waals surface area contributed by atoms with Crippen LogP contribution in [0.4, 0.5) is 10.5 Å². The summed E-state index contributed by atoms with van der Waals surface area (Å²) in [6.07, 6.45) is 4.83. The van der Waals surface area contributed by atoms with Gasteiger partial charge in [0.05, 0.1) is 11.9 Å². The van der Waals surface area contributed by atoms with E-state index in [-0.39, 0.29) is 17.1 Å². The van der Waals surface area contributed by atoms with Crippen molar-refractivity contribution < 1.29 is 14.7 Å². The number of hydrogen-bond donors (Lipinski definition) is 3. The molecule has 0 atom stereocenters. The summed E-state index contributed by atoms with van der Waals surface area (Å²) in [6, 6.07) is 2.57. The third kappa shape index (κ3) is 3.43. The van der Waals surface area contributed by atoms with Gasteiger partial charge in [-0.25, -0.2) is 14.6 Å². The van der Waals surface area contributed by atoms with E-state index in [4.69, 9.17) is 5.11 Å². The van der Waals surface area contributed by atoms with Gasteiger partial charge in [-0.15, -0.1) is 0 Å². The highest BCUT2D eigenvalue weighted by Crippen LogP contribution is 2.39. The summed E-state index contributed by atoms with van der Waals surface area (Å²) in [5, 5.41) is 14.1. The predicted octanol–water partition coefficient (Wildman–Crippen LogP) is 2.09. The van der Waals surface area contributed by atoms with Gasteiger partial charge in [0.2, 0.25) is 0 Å². The van der Waals surface area contributed by atoms with E-state index in [1.165, 1.54) is 24.8 Å². The molecule has 6 heteroatoms. The SMILES string of the molecule is CC1(CNC(=O)Nc2ccc(C(=O)O)nc2)CCC1. The first kappa shape index (κ1) is 13.3. The van der Waals surface area contributed by atoms with E-state index < -0.39 is 5.97 Å². The van der Waals surface area contributed by atoms with E-state index >= 15 is 0 Å². The van der Waals surface area contributed by atoms with E-state index in [9.17, 15) is 9.59 Å². The molecule has 0 unspecified atom stereocenters. The zero-order chi connectivity index (χ0) is 13.9. The number of carboxylic acids is 1. The highest BCUT2D eigenvalue weighted by molar-refractivity contribution is 5.90. The molecular formula is C13H17N3O3. The minimum Gasteiger partial charge on any atom is -0.477 e. The molecule has 0 radical (unpaired) electrons. The van der Waals surface area contributed by atoms with Crippen LogP contribution in [0.1, 0.15) is 36.7 Å². The Labute approximate surface area is 111 Å². The number of urea groups is 1. The van der Waals surface area contributed by atoms with Gasteiger partial charge >= 0.3 is 12.0 Å². The minimum atomic E-state index is -1.09. The monoisotopic (exact) mass is 263 g/mol. The van der Waals surface area contributed by atoms with E-state index in [1.54, 1.807) is 0 Å². The molecule has 1 aliphatic rings. The van der Waals surface area contributed by atoms with Crippen molar-refractivity contribution in [1.29, 1.82) is 0 Å². The molecule has 6 nitrogen and oxygen atoms in total. The summed E-state index contributed by atoms with van der Waals surface area (Å²) in [6.45, 7) is 2.81. The van der Waals surface area contributed by atoms with Crippen LogP contribution in [0.15, 0.2) is 18.3 Å². The fourth-order valence-corrected chi connectivity index (χ4v) is 2.02. The Kier molecular flexibility index (Phi) is 3.69. The molecule has 0 bridgehead atoms. The molecule has 2 rings (SSSR count). The van der Waals surface area contributed by atoms with Gasteiger partial charge in [0.25, 0.3) is 0 Å². The third-order valence-corrected chi connectivity index (χ3v) is 3.48. The van der Waals surface area contributed by atoms with Crippen LogP contribution in [0.3, 0.4) is 0 Å². The summed E-state index contributed by atoms with van der Waals surface area (Å²) in [5.41, 5.74) is 0.650. The first-order valence-electron chi connectivity index (χ1n) is 6.23. The van der Waals surface area contributed by atoms with Gasteiger partial charge in [0.1, 0.15) is 5.69 Å². The van der Waals surface area contributed by atoms with Crippen LogP contribution < -0.4 is 10.6 Å². The average molecular weight is 263 g/mol. The number of anilines is 1. The lowest BCUT2D eigenvalue weighted by Crippen LogP contribution is -2.41. The number of carbonyl (C=O) groups is 2. The number of carbonyl (C=O) groups excluding carboxylic acids is 1. The second kappa shape index (κ2) is 5.26. The van der Waals surface area contributed by atoms with Crippen LogP contribution in [0.5, 0.6) is 0 Å². The molecule has 0 aliphatic heterocycles. The topological polar surface area (TPSA) is 91.3 Å². The molecule has 1 aliphatic carbocycles. The van der Waals surface area contributed by atoms with Gasteiger partial charge in [-0.2, -0.15) is 0 Å². The summed E-state index contributed by atoms with van der Waals surface area (Å²) in [7, 11) is 0. The van der Waals surface area contributed by atoms with Crippen molar-refractivity contribution in [2.45, 2.75) is 26.2 Å². The molecule has 1 heterocycles. The maximum atomic E-state index is 11.7. The van der Waals surface area contributed by atoms with Crippen LogP contribution in [-0.4, -0.2) is 28.6 Å². The Morgan fingerprint density at radius 1 is 1.42 bits per heavy atom. The number of nitrogens with one attached hydrogen (secondary N) is 2. The van der Waals surface area contributed by atoms with Crippen molar-refractivity contribution in [3.8, 4) is 0 Å². The lowest BCUT2D eigenvalue weighted by atomic mass is 9.70. The van der Waals surface area contributed by atoms with E-state index in [0.29, 0.717) is 12.2 Å². The Balaban J connectivity index is 1.83. The lowest BCUT2D eigenvalue weighted by molar-refractivity contribution is 0.0690. The van der Waals surface area contributed by atoms with Gasteiger partial charge in [0, 0.05) is 6.54 Å². The Bertz CT molecular complexity index is 480. The molecule has 2 amide bonds. The molecule has 1 aromatic rings. The Hall–Kier alpha value is -2.11. The maximum Gasteiger partial charge on any atom is 0.354 e. The maximum absolute atomic E-state index is 11.7. The molecule has 0 spiro atoms. The first-order chi connectivity index (χ1) is 8.98. The molecule has 1 fully saturated rings. The molecule has 1 saturated carbocycles. The second-order valence-corrected chi connectivity index (χ2v) is 5.21. The van der Waals surface area contributed by atoms with Crippen molar-refractivity contribution in [1.82, 2.24) is 10.3 Å². The van der Waals surface area contributed by atoms with Gasteiger partial charge in [0.15, 0.2) is 0 Å². The van der Waals surface area contributed by atoms with Crippen LogP contribution in [-0.2, 0) is 0 Å². The van der Waals surface area contributed by atoms with Crippen LogP contribution in [0.25, 0.3) is 0 Å². The highest BCUT2D eigenvalue weighted by atomic mass is 16.4. The number of aromatic carboxylic acids is 1. The average Bonchev–Trinajstić information content (AvgIpc) is 2.35. The fourth-order valence-electron chi connectivity index (χ4n) is 2.02. The lowest BCUT2D eigenvalue weighted by Gasteiger charge is -2.38. The highest BCUT2D eigenvalue weighted by Gasteiger charge is 2.31. The smallest absolute Gasteiger partial charge is 0.354 e. The van der Waals surface area contributed by atoms with Crippen LogP contribution in [0, 0.1) is 5.41 Å². The number of pyridine rings is 1. The normalized spacial score (nSPS) is 16.3. The predicted molar refractivity (Wildman–Crippen MR) is 70.2 cm³/mol. The zero-order valence-corrected chi connectivity index (χ0v) is 10.8. The van der Waals surface area contributed by atoms with Crippen molar-refractivity contribution >= 4 is 17.7 Å². The number of hydrogen-bond acceptors (Lipinski definition) is 3. The summed E-state index contributed by atoms with van der Waals surface area (Å²) in [4.78, 5) is 26.0. The zero-order valence-electron chi connectivity index (χ0n) is 10.8. The van der Waals surface area contributed by atoms with Crippen molar-refractivity contribution in [3.63, 3.8) is 0 Å². The molecule has 0 saturated heterocycles. The van der Waals surface area contributed by atoms with Gasteiger partial charge < -0.3 is 15.7 Å². The fraction of sp³-hybridized carbons (Fsp3) is 0.462. The summed E-state index contributed by atoms with van der Waals surface area (Å²) < 4.78 is 0. The largest absolute Gasteiger partial charge is 0.477 e. The number of rotatable bonds is 4. The number of nitrogens with zero attached hydrogens (tertiary/aromatic N) is 1. The molecule has 3 N–H and O–H groups in total. The molecule has 1 aromatic heterocycles. The molecule has 19 heavy (non-hydrogen) atoms. The van der Waals surface area contributed by atoms with E-state index in [0.717, 1.165) is 12.8 Å². The summed E-state index contributed by atoms with van der Waals surface area (Å²) >= 11 is 0. The van der Waals surface area contributed by atoms with Crippen LogP contribution in [0.2, 0.25) is 0 Å². The number of amides is 2. The van der Waals surface area contributed by atoms with Crippen molar-refractivity contribution in [2.75, 3.05) is 11.9 Å². The molecule has 0 aromatic carbocycles.